The van der Waals surface area contributed by atoms with Gasteiger partial charge in [0.1, 0.15) is 23.3 Å². The minimum absolute atomic E-state index is 0.134. The molecule has 0 amide bonds. The highest BCUT2D eigenvalue weighted by atomic mass is 35.5. The second-order valence-corrected chi connectivity index (χ2v) is 11.3. The van der Waals surface area contributed by atoms with Gasteiger partial charge in [-0.25, -0.2) is 14.6 Å². The summed E-state index contributed by atoms with van der Waals surface area (Å²) in [5, 5.41) is 0.260. The number of ether oxygens (including phenoxy) is 3. The van der Waals surface area contributed by atoms with E-state index in [-0.39, 0.29) is 34.4 Å². The van der Waals surface area contributed by atoms with Crippen molar-refractivity contribution in [1.82, 2.24) is 4.57 Å². The number of carbonyl (C=O) groups is 2. The normalized spacial score (nSPS) is 14.9. The number of halogens is 1. The Labute approximate surface area is 256 Å². The molecule has 0 saturated heterocycles. The standard InChI is InChI=1S/C32H29ClN2O7S/c1-6-40-31(38)27-18(4)34-32-35(28(27)21-9-7-8-10-25(21)41-17(2)3)29(36)26(43-32)16-20-12-14-24(42-20)19-11-13-23(33)22(15-19)30(37)39-5/h7-17,28H,6H2,1-5H3/b26-16-/t28-/m1/s1. The van der Waals surface area contributed by atoms with Crippen molar-refractivity contribution in [1.29, 1.82) is 0 Å². The third-order valence-electron chi connectivity index (χ3n) is 6.65. The number of aromatic nitrogens is 1. The fourth-order valence-electron chi connectivity index (χ4n) is 4.81. The first kappa shape index (κ1) is 30.1. The molecule has 0 unspecified atom stereocenters. The monoisotopic (exact) mass is 620 g/mol. The Hall–Kier alpha value is -4.41. The maximum absolute atomic E-state index is 14.0. The fraction of sp³-hybridized carbons (Fsp3) is 0.250. The van der Waals surface area contributed by atoms with Crippen LogP contribution >= 0.6 is 22.9 Å². The number of allylic oxidation sites excluding steroid dienone is 1. The molecule has 0 bridgehead atoms. The van der Waals surface area contributed by atoms with Gasteiger partial charge in [-0.05, 0) is 64.1 Å². The largest absolute Gasteiger partial charge is 0.491 e. The molecule has 222 valence electrons. The summed E-state index contributed by atoms with van der Waals surface area (Å²) < 4.78 is 24.2. The average Bonchev–Trinajstić information content (AvgIpc) is 3.56. The van der Waals surface area contributed by atoms with Crippen LogP contribution in [0.25, 0.3) is 17.4 Å². The van der Waals surface area contributed by atoms with Crippen LogP contribution in [-0.2, 0) is 14.3 Å². The number of methoxy groups -OCH3 is 1. The molecule has 0 fully saturated rings. The summed E-state index contributed by atoms with van der Waals surface area (Å²) in [7, 11) is 1.28. The second kappa shape index (κ2) is 12.4. The van der Waals surface area contributed by atoms with Gasteiger partial charge in [-0.3, -0.25) is 9.36 Å². The molecule has 0 aliphatic carbocycles. The SMILES string of the molecule is CCOC(=O)C1=C(C)N=c2s/c(=C\c3ccc(-c4ccc(Cl)c(C(=O)OC)c4)o3)c(=O)n2[C@@H]1c1ccccc1OC(C)C. The van der Waals surface area contributed by atoms with Crippen LogP contribution in [0.2, 0.25) is 5.02 Å². The van der Waals surface area contributed by atoms with Crippen molar-refractivity contribution in [2.24, 2.45) is 4.99 Å². The van der Waals surface area contributed by atoms with Crippen LogP contribution in [0.15, 0.2) is 80.1 Å². The molecule has 1 atom stereocenters. The number of hydrogen-bond acceptors (Lipinski definition) is 9. The van der Waals surface area contributed by atoms with Crippen molar-refractivity contribution in [2.75, 3.05) is 13.7 Å². The summed E-state index contributed by atoms with van der Waals surface area (Å²) in [6, 6.07) is 14.9. The lowest BCUT2D eigenvalue weighted by Gasteiger charge is -2.26. The van der Waals surface area contributed by atoms with Gasteiger partial charge in [0.05, 0.1) is 46.2 Å². The van der Waals surface area contributed by atoms with E-state index in [1.807, 2.05) is 38.1 Å². The summed E-state index contributed by atoms with van der Waals surface area (Å²) in [4.78, 5) is 44.4. The summed E-state index contributed by atoms with van der Waals surface area (Å²) in [6.07, 6.45) is 1.49. The molecule has 0 radical (unpaired) electrons. The third kappa shape index (κ3) is 5.93. The number of para-hydroxylation sites is 1. The van der Waals surface area contributed by atoms with Crippen LogP contribution in [0.5, 0.6) is 5.75 Å². The van der Waals surface area contributed by atoms with Crippen LogP contribution in [0, 0.1) is 0 Å². The zero-order valence-electron chi connectivity index (χ0n) is 24.2. The molecule has 0 spiro atoms. The number of thiazole rings is 1. The molecule has 0 N–H and O–H groups in total. The highest BCUT2D eigenvalue weighted by Crippen LogP contribution is 2.36. The first-order valence-corrected chi connectivity index (χ1v) is 14.8. The summed E-state index contributed by atoms with van der Waals surface area (Å²) in [5.41, 5.74) is 1.85. The van der Waals surface area contributed by atoms with Crippen molar-refractivity contribution >= 4 is 41.0 Å². The molecular formula is C32H29ClN2O7S. The Morgan fingerprint density at radius 3 is 2.63 bits per heavy atom. The third-order valence-corrected chi connectivity index (χ3v) is 7.96. The number of furan rings is 1. The van der Waals surface area contributed by atoms with E-state index in [9.17, 15) is 14.4 Å². The number of benzene rings is 2. The summed E-state index contributed by atoms with van der Waals surface area (Å²) in [5.74, 6) is 0.327. The number of fused-ring (bicyclic) bond motifs is 1. The molecule has 1 aliphatic rings. The van der Waals surface area contributed by atoms with E-state index in [0.29, 0.717) is 43.4 Å². The Morgan fingerprint density at radius 1 is 1.14 bits per heavy atom. The molecule has 0 saturated carbocycles. The molecule has 5 rings (SSSR count). The van der Waals surface area contributed by atoms with E-state index in [1.54, 1.807) is 50.3 Å². The number of nitrogens with zero attached hydrogens (tertiary/aromatic N) is 2. The van der Waals surface area contributed by atoms with Crippen molar-refractivity contribution in [3.8, 4) is 17.1 Å². The van der Waals surface area contributed by atoms with Crippen molar-refractivity contribution < 1.29 is 28.2 Å². The number of hydrogen-bond donors (Lipinski definition) is 0. The van der Waals surface area contributed by atoms with Gasteiger partial charge in [0.2, 0.25) is 0 Å². The highest BCUT2D eigenvalue weighted by molar-refractivity contribution is 7.07. The van der Waals surface area contributed by atoms with Crippen LogP contribution in [0.4, 0.5) is 0 Å². The van der Waals surface area contributed by atoms with Gasteiger partial charge in [0.25, 0.3) is 5.56 Å². The minimum atomic E-state index is -0.814. The Balaban J connectivity index is 1.63. The van der Waals surface area contributed by atoms with Gasteiger partial charge in [-0.2, -0.15) is 0 Å². The van der Waals surface area contributed by atoms with E-state index in [0.717, 1.165) is 0 Å². The molecule has 11 heteroatoms. The van der Waals surface area contributed by atoms with Gasteiger partial charge < -0.3 is 18.6 Å². The molecule has 2 aromatic heterocycles. The number of rotatable bonds is 8. The zero-order chi connectivity index (χ0) is 30.8. The zero-order valence-corrected chi connectivity index (χ0v) is 25.7. The first-order chi connectivity index (χ1) is 20.6. The second-order valence-electron chi connectivity index (χ2n) is 9.89. The molecule has 43 heavy (non-hydrogen) atoms. The molecule has 9 nitrogen and oxygen atoms in total. The van der Waals surface area contributed by atoms with Crippen LogP contribution < -0.4 is 19.6 Å². The quantitative estimate of drug-likeness (QED) is 0.246. The van der Waals surface area contributed by atoms with Crippen molar-refractivity contribution in [2.45, 2.75) is 39.8 Å². The fourth-order valence-corrected chi connectivity index (χ4v) is 6.03. The van der Waals surface area contributed by atoms with E-state index in [1.165, 1.54) is 23.0 Å². The van der Waals surface area contributed by atoms with Crippen LogP contribution in [0.1, 0.15) is 55.4 Å². The molecule has 1 aliphatic heterocycles. The number of carbonyl (C=O) groups excluding carboxylic acids is 2. The number of esters is 2. The van der Waals surface area contributed by atoms with Crippen LogP contribution in [-0.4, -0.2) is 36.3 Å². The lowest BCUT2D eigenvalue weighted by molar-refractivity contribution is -0.139. The molecule has 2 aromatic carbocycles. The van der Waals surface area contributed by atoms with Gasteiger partial charge in [-0.15, -0.1) is 0 Å². The average molecular weight is 621 g/mol. The van der Waals surface area contributed by atoms with Crippen molar-refractivity contribution in [3.63, 3.8) is 0 Å². The van der Waals surface area contributed by atoms with Gasteiger partial charge >= 0.3 is 11.9 Å². The van der Waals surface area contributed by atoms with Gasteiger partial charge in [0, 0.05) is 17.2 Å². The maximum Gasteiger partial charge on any atom is 0.339 e. The maximum atomic E-state index is 14.0. The lowest BCUT2D eigenvalue weighted by Crippen LogP contribution is -2.40. The first-order valence-electron chi connectivity index (χ1n) is 13.6. The van der Waals surface area contributed by atoms with Gasteiger partial charge in [-0.1, -0.05) is 41.1 Å². The Bertz CT molecular complexity index is 1930. The predicted octanol–water partition coefficient (Wildman–Crippen LogP) is 5.29. The highest BCUT2D eigenvalue weighted by Gasteiger charge is 2.35. The smallest absolute Gasteiger partial charge is 0.339 e. The summed E-state index contributed by atoms with van der Waals surface area (Å²) >= 11 is 7.35. The molecule has 3 heterocycles. The topological polar surface area (TPSA) is 109 Å². The van der Waals surface area contributed by atoms with E-state index in [4.69, 9.17) is 30.2 Å². The van der Waals surface area contributed by atoms with E-state index >= 15 is 0 Å². The molecular weight excluding hydrogens is 592 g/mol. The van der Waals surface area contributed by atoms with Gasteiger partial charge in [0.15, 0.2) is 4.80 Å². The summed E-state index contributed by atoms with van der Waals surface area (Å²) in [6.45, 7) is 7.45. The van der Waals surface area contributed by atoms with Crippen LogP contribution in [0.3, 0.4) is 0 Å². The Kier molecular flexibility index (Phi) is 8.70. The lowest BCUT2D eigenvalue weighted by atomic mass is 9.95. The van der Waals surface area contributed by atoms with E-state index < -0.39 is 18.0 Å². The van der Waals surface area contributed by atoms with E-state index in [2.05, 4.69) is 4.99 Å². The minimum Gasteiger partial charge on any atom is -0.491 e. The Morgan fingerprint density at radius 2 is 1.91 bits per heavy atom. The van der Waals surface area contributed by atoms with Crippen molar-refractivity contribution in [3.05, 3.63) is 107 Å². The predicted molar refractivity (Wildman–Crippen MR) is 163 cm³/mol. The molecule has 4 aromatic rings.